The Morgan fingerprint density at radius 1 is 1.29 bits per heavy atom. The van der Waals surface area contributed by atoms with Crippen LogP contribution in [-0.4, -0.2) is 59.4 Å². The fraction of sp³-hybridized carbons (Fsp3) is 0.550. The molecular weight excluding hydrogens is 380 g/mol. The molecule has 2 aliphatic rings. The molecule has 4 amide bonds. The summed E-state index contributed by atoms with van der Waals surface area (Å²) >= 11 is 5.93. The summed E-state index contributed by atoms with van der Waals surface area (Å²) in [5, 5.41) is 6.17. The molecule has 2 saturated heterocycles. The smallest absolute Gasteiger partial charge is 0.324 e. The molecule has 1 spiro atoms. The van der Waals surface area contributed by atoms with Crippen LogP contribution in [-0.2, 0) is 9.59 Å². The Labute approximate surface area is 170 Å². The molecule has 0 aliphatic carbocycles. The van der Waals surface area contributed by atoms with Crippen molar-refractivity contribution in [3.05, 3.63) is 28.8 Å². The number of hydrogen-bond donors (Lipinski definition) is 2. The number of rotatable bonds is 5. The molecule has 1 aromatic rings. The van der Waals surface area contributed by atoms with Crippen molar-refractivity contribution in [1.29, 1.82) is 0 Å². The minimum Gasteiger partial charge on any atom is -0.324 e. The second-order valence-electron chi connectivity index (χ2n) is 8.11. The molecule has 0 radical (unpaired) electrons. The third-order valence-electron chi connectivity index (χ3n) is 5.34. The summed E-state index contributed by atoms with van der Waals surface area (Å²) in [6.07, 6.45) is 1.14. The molecule has 2 heterocycles. The number of carbonyl (C=O) groups is 3. The lowest BCUT2D eigenvalue weighted by molar-refractivity contribution is -0.135. The van der Waals surface area contributed by atoms with Crippen molar-refractivity contribution < 1.29 is 14.4 Å². The largest absolute Gasteiger partial charge is 0.325 e. The van der Waals surface area contributed by atoms with E-state index >= 15 is 0 Å². The number of imide groups is 1. The first-order valence-electron chi connectivity index (χ1n) is 9.63. The molecule has 7 nitrogen and oxygen atoms in total. The van der Waals surface area contributed by atoms with Crippen LogP contribution in [0.2, 0.25) is 5.02 Å². The van der Waals surface area contributed by atoms with Gasteiger partial charge >= 0.3 is 6.03 Å². The summed E-state index contributed by atoms with van der Waals surface area (Å²) in [6.45, 7) is 8.35. The minimum absolute atomic E-state index is 0.301. The molecule has 0 saturated carbocycles. The van der Waals surface area contributed by atoms with Gasteiger partial charge in [0.05, 0.1) is 0 Å². The number of piperidine rings is 1. The van der Waals surface area contributed by atoms with E-state index < -0.39 is 17.5 Å². The van der Waals surface area contributed by atoms with Gasteiger partial charge < -0.3 is 15.5 Å². The number of urea groups is 1. The maximum Gasteiger partial charge on any atom is 0.325 e. The Morgan fingerprint density at radius 2 is 1.96 bits per heavy atom. The van der Waals surface area contributed by atoms with Crippen molar-refractivity contribution in [2.75, 3.05) is 31.5 Å². The molecule has 152 valence electrons. The first kappa shape index (κ1) is 20.6. The van der Waals surface area contributed by atoms with E-state index in [0.29, 0.717) is 29.5 Å². The number of hydrogen-bond acceptors (Lipinski definition) is 4. The third-order valence-corrected chi connectivity index (χ3v) is 5.58. The SMILES string of the molecule is Cc1cc(Cl)ccc1NC(=O)CN1C(=O)NC2(CCN(CC(C)C)CC2)C1=O. The van der Waals surface area contributed by atoms with Gasteiger partial charge in [-0.1, -0.05) is 25.4 Å². The molecule has 0 aromatic heterocycles. The van der Waals surface area contributed by atoms with E-state index in [-0.39, 0.29) is 12.5 Å². The highest BCUT2D eigenvalue weighted by Gasteiger charge is 2.52. The van der Waals surface area contributed by atoms with Gasteiger partial charge in [-0.25, -0.2) is 4.79 Å². The molecule has 8 heteroatoms. The van der Waals surface area contributed by atoms with Crippen molar-refractivity contribution in [1.82, 2.24) is 15.1 Å². The number of nitrogens with one attached hydrogen (secondary N) is 2. The average Bonchev–Trinajstić information content (AvgIpc) is 2.83. The van der Waals surface area contributed by atoms with E-state index in [9.17, 15) is 14.4 Å². The second kappa shape index (κ2) is 8.09. The Morgan fingerprint density at radius 3 is 2.57 bits per heavy atom. The Bertz CT molecular complexity index is 788. The maximum atomic E-state index is 12.9. The highest BCUT2D eigenvalue weighted by atomic mass is 35.5. The molecular formula is C20H27ClN4O3. The van der Waals surface area contributed by atoms with Crippen LogP contribution < -0.4 is 10.6 Å². The van der Waals surface area contributed by atoms with Crippen molar-refractivity contribution in [3.63, 3.8) is 0 Å². The van der Waals surface area contributed by atoms with Gasteiger partial charge in [-0.05, 0) is 49.4 Å². The third kappa shape index (κ3) is 4.31. The lowest BCUT2D eigenvalue weighted by Gasteiger charge is -2.37. The molecule has 1 aromatic carbocycles. The normalized spacial score (nSPS) is 19.4. The topological polar surface area (TPSA) is 81.8 Å². The number of benzene rings is 1. The number of amides is 4. The summed E-state index contributed by atoms with van der Waals surface area (Å²) in [5.74, 6) is -0.160. The number of halogens is 1. The molecule has 2 aliphatic heterocycles. The van der Waals surface area contributed by atoms with Crippen LogP contribution in [0.3, 0.4) is 0 Å². The van der Waals surface area contributed by atoms with Crippen LogP contribution in [0.4, 0.5) is 10.5 Å². The molecule has 0 bridgehead atoms. The number of carbonyl (C=O) groups excluding carboxylic acids is 3. The Balaban J connectivity index is 1.62. The molecule has 0 atom stereocenters. The van der Waals surface area contributed by atoms with Crippen molar-refractivity contribution in [2.24, 2.45) is 5.92 Å². The summed E-state index contributed by atoms with van der Waals surface area (Å²) in [4.78, 5) is 41.1. The zero-order valence-corrected chi connectivity index (χ0v) is 17.3. The zero-order valence-electron chi connectivity index (χ0n) is 16.5. The highest BCUT2D eigenvalue weighted by Crippen LogP contribution is 2.30. The second-order valence-corrected chi connectivity index (χ2v) is 8.54. The zero-order chi connectivity index (χ0) is 20.5. The summed E-state index contributed by atoms with van der Waals surface area (Å²) < 4.78 is 0. The molecule has 2 fully saturated rings. The summed E-state index contributed by atoms with van der Waals surface area (Å²) in [5.41, 5.74) is 0.548. The van der Waals surface area contributed by atoms with E-state index in [1.807, 2.05) is 6.92 Å². The lowest BCUT2D eigenvalue weighted by atomic mass is 9.87. The highest BCUT2D eigenvalue weighted by molar-refractivity contribution is 6.30. The van der Waals surface area contributed by atoms with E-state index in [0.717, 1.165) is 30.1 Å². The van der Waals surface area contributed by atoms with E-state index in [1.54, 1.807) is 18.2 Å². The molecule has 3 rings (SSSR count). The number of anilines is 1. The predicted molar refractivity (Wildman–Crippen MR) is 108 cm³/mol. The van der Waals surface area contributed by atoms with Gasteiger partial charge in [0, 0.05) is 30.3 Å². The van der Waals surface area contributed by atoms with Crippen molar-refractivity contribution in [3.8, 4) is 0 Å². The van der Waals surface area contributed by atoms with Gasteiger partial charge in [-0.15, -0.1) is 0 Å². The molecule has 28 heavy (non-hydrogen) atoms. The van der Waals surface area contributed by atoms with Crippen molar-refractivity contribution >= 4 is 35.1 Å². The van der Waals surface area contributed by atoms with Crippen LogP contribution in [0, 0.1) is 12.8 Å². The first-order chi connectivity index (χ1) is 13.2. The first-order valence-corrected chi connectivity index (χ1v) is 10.0. The van der Waals surface area contributed by atoms with E-state index in [2.05, 4.69) is 29.4 Å². The van der Waals surface area contributed by atoms with Gasteiger partial charge in [0.2, 0.25) is 5.91 Å². The monoisotopic (exact) mass is 406 g/mol. The van der Waals surface area contributed by atoms with Gasteiger partial charge in [0.15, 0.2) is 0 Å². The van der Waals surface area contributed by atoms with Gasteiger partial charge in [-0.3, -0.25) is 14.5 Å². The molecule has 2 N–H and O–H groups in total. The van der Waals surface area contributed by atoms with Crippen LogP contribution in [0.15, 0.2) is 18.2 Å². The minimum atomic E-state index is -0.874. The predicted octanol–water partition coefficient (Wildman–Crippen LogP) is 2.63. The fourth-order valence-electron chi connectivity index (χ4n) is 3.89. The maximum absolute atomic E-state index is 12.9. The van der Waals surface area contributed by atoms with Gasteiger partial charge in [0.1, 0.15) is 12.1 Å². The summed E-state index contributed by atoms with van der Waals surface area (Å²) in [7, 11) is 0. The van der Waals surface area contributed by atoms with E-state index in [1.165, 1.54) is 0 Å². The Kier molecular flexibility index (Phi) is 5.95. The number of likely N-dealkylation sites (tertiary alicyclic amines) is 1. The van der Waals surface area contributed by atoms with Crippen LogP contribution >= 0.6 is 11.6 Å². The van der Waals surface area contributed by atoms with Crippen LogP contribution in [0.1, 0.15) is 32.3 Å². The standard InChI is InChI=1S/C20H27ClN4O3/c1-13(2)11-24-8-6-20(7-9-24)18(27)25(19(28)23-20)12-17(26)22-16-5-4-15(21)10-14(16)3/h4-5,10,13H,6-9,11-12H2,1-3H3,(H,22,26)(H,23,28). The van der Waals surface area contributed by atoms with Gasteiger partial charge in [0.25, 0.3) is 5.91 Å². The molecule has 0 unspecified atom stereocenters. The van der Waals surface area contributed by atoms with Crippen LogP contribution in [0.25, 0.3) is 0 Å². The number of nitrogens with zero attached hydrogens (tertiary/aromatic N) is 2. The van der Waals surface area contributed by atoms with Crippen LogP contribution in [0.5, 0.6) is 0 Å². The van der Waals surface area contributed by atoms with E-state index in [4.69, 9.17) is 11.6 Å². The quantitative estimate of drug-likeness (QED) is 0.736. The lowest BCUT2D eigenvalue weighted by Crippen LogP contribution is -2.55. The van der Waals surface area contributed by atoms with Gasteiger partial charge in [-0.2, -0.15) is 0 Å². The number of aryl methyl sites for hydroxylation is 1. The Hall–Kier alpha value is -2.12. The summed E-state index contributed by atoms with van der Waals surface area (Å²) in [6, 6.07) is 4.63. The van der Waals surface area contributed by atoms with Crippen molar-refractivity contribution in [2.45, 2.75) is 39.2 Å². The average molecular weight is 407 g/mol. The fourth-order valence-corrected chi connectivity index (χ4v) is 4.12.